The van der Waals surface area contributed by atoms with Crippen LogP contribution in [-0.2, 0) is 13.5 Å². The number of nitrogens with one attached hydrogen (secondary N) is 1. The first kappa shape index (κ1) is 14.3. The minimum atomic E-state index is 0.375. The molecule has 0 aliphatic heterocycles. The van der Waals surface area contributed by atoms with Crippen molar-refractivity contribution in [3.8, 4) is 0 Å². The smallest absolute Gasteiger partial charge is 0.0537 e. The topological polar surface area (TPSA) is 29.9 Å². The highest BCUT2D eigenvalue weighted by molar-refractivity contribution is 5.35. The van der Waals surface area contributed by atoms with Crippen LogP contribution in [0.15, 0.2) is 36.7 Å². The number of rotatable bonds is 5. The summed E-state index contributed by atoms with van der Waals surface area (Å²) < 4.78 is 1.91. The minimum Gasteiger partial charge on any atom is -0.309 e. The molecule has 1 aliphatic carbocycles. The number of hydrogen-bond donors (Lipinski definition) is 1. The monoisotopic (exact) mass is 283 g/mol. The highest BCUT2D eigenvalue weighted by Crippen LogP contribution is 2.40. The molecule has 1 aromatic heterocycles. The van der Waals surface area contributed by atoms with Gasteiger partial charge in [0.05, 0.1) is 6.20 Å². The van der Waals surface area contributed by atoms with Gasteiger partial charge < -0.3 is 5.32 Å². The van der Waals surface area contributed by atoms with E-state index in [4.69, 9.17) is 0 Å². The summed E-state index contributed by atoms with van der Waals surface area (Å²) in [6, 6.07) is 9.33. The van der Waals surface area contributed by atoms with Gasteiger partial charge in [0.1, 0.15) is 0 Å². The fourth-order valence-electron chi connectivity index (χ4n) is 3.53. The molecule has 1 N–H and O–H groups in total. The predicted molar refractivity (Wildman–Crippen MR) is 86.4 cm³/mol. The number of aromatic nitrogens is 2. The molecule has 0 amide bonds. The van der Waals surface area contributed by atoms with Crippen molar-refractivity contribution in [3.63, 3.8) is 0 Å². The van der Waals surface area contributed by atoms with Crippen molar-refractivity contribution in [3.05, 3.63) is 53.3 Å². The normalized spacial score (nSPS) is 19.2. The molecule has 0 fully saturated rings. The maximum absolute atomic E-state index is 4.37. The third-order valence-corrected chi connectivity index (χ3v) is 4.52. The lowest BCUT2D eigenvalue weighted by Crippen LogP contribution is -2.29. The standard InChI is InChI=1S/C18H25N3/c1-3-11-19-18(15-12-20-21(2)13-15)17-10-6-8-14-7-4-5-9-16(14)17/h4-5,7,9,12-13,17-19H,3,6,8,10-11H2,1-2H3. The van der Waals surface area contributed by atoms with Crippen LogP contribution in [0.5, 0.6) is 0 Å². The number of benzene rings is 1. The molecule has 112 valence electrons. The Morgan fingerprint density at radius 3 is 3.00 bits per heavy atom. The Balaban J connectivity index is 1.93. The first-order valence-corrected chi connectivity index (χ1v) is 8.09. The molecule has 3 heteroatoms. The van der Waals surface area contributed by atoms with Crippen LogP contribution in [-0.4, -0.2) is 16.3 Å². The average molecular weight is 283 g/mol. The van der Waals surface area contributed by atoms with Gasteiger partial charge in [0, 0.05) is 30.8 Å². The zero-order valence-corrected chi connectivity index (χ0v) is 13.0. The van der Waals surface area contributed by atoms with Gasteiger partial charge >= 0.3 is 0 Å². The fourth-order valence-corrected chi connectivity index (χ4v) is 3.53. The second-order valence-electron chi connectivity index (χ2n) is 6.08. The SMILES string of the molecule is CCCNC(c1cnn(C)c1)C1CCCc2ccccc21. The summed E-state index contributed by atoms with van der Waals surface area (Å²) in [5.74, 6) is 0.561. The van der Waals surface area contributed by atoms with E-state index >= 15 is 0 Å². The molecule has 0 radical (unpaired) electrons. The molecular weight excluding hydrogens is 258 g/mol. The van der Waals surface area contributed by atoms with Crippen molar-refractivity contribution < 1.29 is 0 Å². The summed E-state index contributed by atoms with van der Waals surface area (Å²) in [6.07, 6.45) is 9.10. The van der Waals surface area contributed by atoms with Gasteiger partial charge in [-0.1, -0.05) is 31.2 Å². The molecule has 0 spiro atoms. The summed E-state index contributed by atoms with van der Waals surface area (Å²) in [5.41, 5.74) is 4.37. The number of nitrogens with zero attached hydrogens (tertiary/aromatic N) is 2. The maximum atomic E-state index is 4.37. The van der Waals surface area contributed by atoms with Crippen molar-refractivity contribution in [2.75, 3.05) is 6.54 Å². The van der Waals surface area contributed by atoms with Crippen LogP contribution in [0.25, 0.3) is 0 Å². The van der Waals surface area contributed by atoms with Crippen LogP contribution in [0.2, 0.25) is 0 Å². The zero-order chi connectivity index (χ0) is 14.7. The Bertz CT molecular complexity index is 588. The van der Waals surface area contributed by atoms with Gasteiger partial charge in [-0.05, 0) is 43.4 Å². The van der Waals surface area contributed by atoms with Crippen molar-refractivity contribution in [2.45, 2.75) is 44.6 Å². The highest BCUT2D eigenvalue weighted by Gasteiger charge is 2.29. The van der Waals surface area contributed by atoms with E-state index in [2.05, 4.69) is 47.8 Å². The maximum Gasteiger partial charge on any atom is 0.0537 e. The Morgan fingerprint density at radius 2 is 2.24 bits per heavy atom. The molecule has 1 heterocycles. The van der Waals surface area contributed by atoms with E-state index in [1.807, 2.05) is 17.9 Å². The van der Waals surface area contributed by atoms with Crippen molar-refractivity contribution >= 4 is 0 Å². The summed E-state index contributed by atoms with van der Waals surface area (Å²) in [7, 11) is 2.00. The van der Waals surface area contributed by atoms with Gasteiger partial charge in [0.25, 0.3) is 0 Å². The van der Waals surface area contributed by atoms with E-state index < -0.39 is 0 Å². The Hall–Kier alpha value is -1.61. The molecule has 21 heavy (non-hydrogen) atoms. The molecule has 1 aliphatic rings. The largest absolute Gasteiger partial charge is 0.309 e. The van der Waals surface area contributed by atoms with Crippen molar-refractivity contribution in [1.29, 1.82) is 0 Å². The summed E-state index contributed by atoms with van der Waals surface area (Å²) >= 11 is 0. The third-order valence-electron chi connectivity index (χ3n) is 4.52. The Morgan fingerprint density at radius 1 is 1.38 bits per heavy atom. The lowest BCUT2D eigenvalue weighted by molar-refractivity contribution is 0.401. The van der Waals surface area contributed by atoms with Crippen LogP contribution >= 0.6 is 0 Å². The summed E-state index contributed by atoms with van der Waals surface area (Å²) in [5, 5.41) is 8.13. The van der Waals surface area contributed by atoms with E-state index in [1.54, 1.807) is 0 Å². The van der Waals surface area contributed by atoms with E-state index in [1.165, 1.54) is 36.0 Å². The lowest BCUT2D eigenvalue weighted by atomic mass is 9.77. The van der Waals surface area contributed by atoms with Gasteiger partial charge in [-0.3, -0.25) is 4.68 Å². The van der Waals surface area contributed by atoms with Crippen LogP contribution in [0.1, 0.15) is 54.8 Å². The molecule has 1 aromatic carbocycles. The first-order valence-electron chi connectivity index (χ1n) is 8.09. The summed E-state index contributed by atoms with van der Waals surface area (Å²) in [6.45, 7) is 3.28. The third kappa shape index (κ3) is 3.03. The predicted octanol–water partition coefficient (Wildman–Crippen LogP) is 3.58. The van der Waals surface area contributed by atoms with Crippen LogP contribution < -0.4 is 5.32 Å². The second-order valence-corrected chi connectivity index (χ2v) is 6.08. The van der Waals surface area contributed by atoms with E-state index in [9.17, 15) is 0 Å². The molecule has 2 atom stereocenters. The van der Waals surface area contributed by atoms with Crippen LogP contribution in [0.4, 0.5) is 0 Å². The van der Waals surface area contributed by atoms with Gasteiger partial charge in [0.15, 0.2) is 0 Å². The zero-order valence-electron chi connectivity index (χ0n) is 13.0. The van der Waals surface area contributed by atoms with E-state index in [0.717, 1.165) is 13.0 Å². The molecule has 3 rings (SSSR count). The highest BCUT2D eigenvalue weighted by atomic mass is 15.2. The summed E-state index contributed by atoms with van der Waals surface area (Å²) in [4.78, 5) is 0. The second kappa shape index (κ2) is 6.44. The molecular formula is C18H25N3. The Kier molecular flexibility index (Phi) is 4.39. The van der Waals surface area contributed by atoms with Crippen molar-refractivity contribution in [1.82, 2.24) is 15.1 Å². The average Bonchev–Trinajstić information content (AvgIpc) is 2.94. The number of hydrogen-bond acceptors (Lipinski definition) is 2. The van der Waals surface area contributed by atoms with Crippen LogP contribution in [0, 0.1) is 0 Å². The minimum absolute atomic E-state index is 0.375. The molecule has 3 nitrogen and oxygen atoms in total. The lowest BCUT2D eigenvalue weighted by Gasteiger charge is -2.32. The van der Waals surface area contributed by atoms with Crippen LogP contribution in [0.3, 0.4) is 0 Å². The van der Waals surface area contributed by atoms with Gasteiger partial charge in [-0.2, -0.15) is 5.10 Å². The number of aryl methyl sites for hydroxylation is 2. The van der Waals surface area contributed by atoms with E-state index in [0.29, 0.717) is 12.0 Å². The van der Waals surface area contributed by atoms with Gasteiger partial charge in [0.2, 0.25) is 0 Å². The molecule has 2 aromatic rings. The molecule has 2 unspecified atom stereocenters. The first-order chi connectivity index (χ1) is 10.3. The number of fused-ring (bicyclic) bond motifs is 1. The van der Waals surface area contributed by atoms with Crippen molar-refractivity contribution in [2.24, 2.45) is 7.05 Å². The fraction of sp³-hybridized carbons (Fsp3) is 0.500. The van der Waals surface area contributed by atoms with Gasteiger partial charge in [-0.25, -0.2) is 0 Å². The molecule has 0 saturated heterocycles. The van der Waals surface area contributed by atoms with Gasteiger partial charge in [-0.15, -0.1) is 0 Å². The Labute approximate surface area is 127 Å². The quantitative estimate of drug-likeness (QED) is 0.909. The van der Waals surface area contributed by atoms with E-state index in [-0.39, 0.29) is 0 Å². The molecule has 0 bridgehead atoms. The molecule has 0 saturated carbocycles.